The number of aliphatic hydroxyl groups excluding tert-OH is 1. The van der Waals surface area contributed by atoms with E-state index in [0.717, 1.165) is 11.1 Å². The molecule has 2 rings (SSSR count). The largest absolute Gasteiger partial charge is 0.491 e. The van der Waals surface area contributed by atoms with Gasteiger partial charge in [-0.25, -0.2) is 4.79 Å². The number of carbonyl (C=O) groups excluding carboxylic acids is 1. The topological polar surface area (TPSA) is 114 Å². The molecule has 0 saturated heterocycles. The second kappa shape index (κ2) is 8.82. The number of non-ortho nitro benzene ring substituents is 1. The van der Waals surface area contributed by atoms with Gasteiger partial charge in [0.25, 0.3) is 5.69 Å². The maximum atomic E-state index is 11.9. The normalized spacial score (nSPS) is 11.5. The number of nitrogens with zero attached hydrogens (tertiary/aromatic N) is 1. The van der Waals surface area contributed by atoms with E-state index in [9.17, 15) is 20.0 Å². The summed E-state index contributed by atoms with van der Waals surface area (Å²) in [5.74, 6) is 0.398. The van der Waals surface area contributed by atoms with Crippen molar-refractivity contribution >= 4 is 17.4 Å². The Balaban J connectivity index is 1.74. The third-order valence-corrected chi connectivity index (χ3v) is 3.47. The van der Waals surface area contributed by atoms with Gasteiger partial charge in [-0.3, -0.25) is 10.1 Å². The summed E-state index contributed by atoms with van der Waals surface area (Å²) in [5.41, 5.74) is 2.72. The maximum absolute atomic E-state index is 11.9. The van der Waals surface area contributed by atoms with Crippen LogP contribution in [0.1, 0.15) is 11.1 Å². The molecule has 0 radical (unpaired) electrons. The Morgan fingerprint density at radius 1 is 1.19 bits per heavy atom. The molecular weight excluding hydrogens is 338 g/mol. The molecule has 0 saturated carbocycles. The number of anilines is 1. The number of hydrogen-bond donors (Lipinski definition) is 3. The highest BCUT2D eigenvalue weighted by atomic mass is 16.6. The van der Waals surface area contributed by atoms with Crippen LogP contribution in [0.15, 0.2) is 42.5 Å². The van der Waals surface area contributed by atoms with E-state index < -0.39 is 17.1 Å². The van der Waals surface area contributed by atoms with E-state index in [1.54, 1.807) is 0 Å². The van der Waals surface area contributed by atoms with E-state index in [4.69, 9.17) is 4.74 Å². The fourth-order valence-corrected chi connectivity index (χ4v) is 2.35. The first-order valence-corrected chi connectivity index (χ1v) is 8.02. The summed E-state index contributed by atoms with van der Waals surface area (Å²) >= 11 is 0. The molecule has 0 fully saturated rings. The van der Waals surface area contributed by atoms with Crippen LogP contribution in [0.5, 0.6) is 5.75 Å². The smallest absolute Gasteiger partial charge is 0.319 e. The molecule has 0 aliphatic heterocycles. The lowest BCUT2D eigenvalue weighted by atomic mass is 10.1. The minimum atomic E-state index is -0.921. The van der Waals surface area contributed by atoms with Crippen LogP contribution < -0.4 is 15.4 Å². The lowest BCUT2D eigenvalue weighted by molar-refractivity contribution is -0.384. The first-order valence-electron chi connectivity index (χ1n) is 8.02. The highest BCUT2D eigenvalue weighted by molar-refractivity contribution is 5.89. The van der Waals surface area contributed by atoms with Gasteiger partial charge in [-0.2, -0.15) is 0 Å². The summed E-state index contributed by atoms with van der Waals surface area (Å²) in [6.07, 6.45) is -0.921. The van der Waals surface area contributed by atoms with E-state index in [1.165, 1.54) is 24.3 Å². The van der Waals surface area contributed by atoms with Crippen LogP contribution in [-0.4, -0.2) is 35.3 Å². The van der Waals surface area contributed by atoms with Crippen molar-refractivity contribution in [2.24, 2.45) is 0 Å². The molecule has 0 heterocycles. The van der Waals surface area contributed by atoms with Gasteiger partial charge < -0.3 is 20.5 Å². The van der Waals surface area contributed by atoms with Gasteiger partial charge >= 0.3 is 6.03 Å². The van der Waals surface area contributed by atoms with E-state index >= 15 is 0 Å². The standard InChI is InChI=1S/C18H21N3O5/c1-12-7-13(2)9-14(8-12)20-18(23)19-10-16(22)11-26-17-5-3-15(4-6-17)21(24)25/h3-9,16,22H,10-11H2,1-2H3,(H2,19,20,23)/t16-/m0/s1. The van der Waals surface area contributed by atoms with Crippen LogP contribution in [0, 0.1) is 24.0 Å². The average Bonchev–Trinajstić information content (AvgIpc) is 2.57. The molecule has 3 N–H and O–H groups in total. The molecule has 0 aromatic heterocycles. The zero-order valence-electron chi connectivity index (χ0n) is 14.6. The van der Waals surface area contributed by atoms with Crippen molar-refractivity contribution in [2.45, 2.75) is 20.0 Å². The third-order valence-electron chi connectivity index (χ3n) is 3.47. The van der Waals surface area contributed by atoms with Gasteiger partial charge in [-0.15, -0.1) is 0 Å². The van der Waals surface area contributed by atoms with Crippen molar-refractivity contribution in [2.75, 3.05) is 18.5 Å². The molecule has 8 heteroatoms. The molecule has 1 atom stereocenters. The first-order chi connectivity index (χ1) is 12.3. The van der Waals surface area contributed by atoms with Crippen LogP contribution in [0.2, 0.25) is 0 Å². The van der Waals surface area contributed by atoms with Gasteiger partial charge in [0.05, 0.1) is 4.92 Å². The number of rotatable bonds is 7. The molecular formula is C18H21N3O5. The third kappa shape index (κ3) is 6.06. The number of nitrogens with one attached hydrogen (secondary N) is 2. The number of hydrogen-bond acceptors (Lipinski definition) is 5. The molecule has 0 unspecified atom stereocenters. The zero-order valence-corrected chi connectivity index (χ0v) is 14.6. The van der Waals surface area contributed by atoms with Crippen molar-refractivity contribution in [3.05, 3.63) is 63.7 Å². The quantitative estimate of drug-likeness (QED) is 0.519. The lowest BCUT2D eigenvalue weighted by Gasteiger charge is -2.14. The number of urea groups is 1. The number of aryl methyl sites for hydroxylation is 2. The Labute approximate surface area is 151 Å². The molecule has 0 bridgehead atoms. The molecule has 138 valence electrons. The Kier molecular flexibility index (Phi) is 6.51. The number of nitro benzene ring substituents is 1. The number of amides is 2. The fourth-order valence-electron chi connectivity index (χ4n) is 2.35. The van der Waals surface area contributed by atoms with E-state index in [-0.39, 0.29) is 18.8 Å². The van der Waals surface area contributed by atoms with Gasteiger partial charge in [0.1, 0.15) is 18.5 Å². The monoisotopic (exact) mass is 359 g/mol. The Morgan fingerprint density at radius 2 is 1.81 bits per heavy atom. The van der Waals surface area contributed by atoms with E-state index in [2.05, 4.69) is 10.6 Å². The van der Waals surface area contributed by atoms with Crippen LogP contribution in [-0.2, 0) is 0 Å². The molecule has 0 aliphatic rings. The van der Waals surface area contributed by atoms with Crippen LogP contribution in [0.25, 0.3) is 0 Å². The fraction of sp³-hybridized carbons (Fsp3) is 0.278. The second-order valence-corrected chi connectivity index (χ2v) is 5.93. The molecule has 8 nitrogen and oxygen atoms in total. The Hall–Kier alpha value is -3.13. The minimum absolute atomic E-state index is 0.00358. The number of aliphatic hydroxyl groups is 1. The summed E-state index contributed by atoms with van der Waals surface area (Å²) in [6, 6.07) is 10.8. The first kappa shape index (κ1) is 19.2. The van der Waals surface area contributed by atoms with Gasteiger partial charge in [0, 0.05) is 24.4 Å². The number of ether oxygens (including phenoxy) is 1. The summed E-state index contributed by atoms with van der Waals surface area (Å²) in [6.45, 7) is 3.83. The summed E-state index contributed by atoms with van der Waals surface area (Å²) in [5, 5.41) is 25.7. The van der Waals surface area contributed by atoms with Gasteiger partial charge in [0.2, 0.25) is 0 Å². The van der Waals surface area contributed by atoms with Crippen LogP contribution in [0.4, 0.5) is 16.2 Å². The van der Waals surface area contributed by atoms with Gasteiger partial charge in [-0.05, 0) is 49.2 Å². The molecule has 2 aromatic rings. The van der Waals surface area contributed by atoms with E-state index in [1.807, 2.05) is 32.0 Å². The number of carbonyl (C=O) groups is 1. The summed E-state index contributed by atoms with van der Waals surface area (Å²) < 4.78 is 5.34. The zero-order chi connectivity index (χ0) is 19.1. The molecule has 2 aromatic carbocycles. The van der Waals surface area contributed by atoms with Gasteiger partial charge in [0.15, 0.2) is 0 Å². The predicted octanol–water partition coefficient (Wildman–Crippen LogP) is 2.77. The highest BCUT2D eigenvalue weighted by Gasteiger charge is 2.10. The van der Waals surface area contributed by atoms with Crippen molar-refractivity contribution < 1.29 is 19.6 Å². The molecule has 2 amide bonds. The van der Waals surface area contributed by atoms with Crippen LogP contribution >= 0.6 is 0 Å². The van der Waals surface area contributed by atoms with Crippen LogP contribution in [0.3, 0.4) is 0 Å². The van der Waals surface area contributed by atoms with Crippen molar-refractivity contribution in [1.82, 2.24) is 5.32 Å². The number of benzene rings is 2. The Bertz CT molecular complexity index is 757. The molecule has 0 aliphatic carbocycles. The molecule has 0 spiro atoms. The van der Waals surface area contributed by atoms with Crippen molar-refractivity contribution in [1.29, 1.82) is 0 Å². The predicted molar refractivity (Wildman–Crippen MR) is 97.5 cm³/mol. The Morgan fingerprint density at radius 3 is 2.38 bits per heavy atom. The highest BCUT2D eigenvalue weighted by Crippen LogP contribution is 2.17. The minimum Gasteiger partial charge on any atom is -0.491 e. The molecule has 26 heavy (non-hydrogen) atoms. The average molecular weight is 359 g/mol. The summed E-state index contributed by atoms with van der Waals surface area (Å²) in [7, 11) is 0. The van der Waals surface area contributed by atoms with E-state index in [0.29, 0.717) is 11.4 Å². The van der Waals surface area contributed by atoms with Gasteiger partial charge in [-0.1, -0.05) is 6.07 Å². The maximum Gasteiger partial charge on any atom is 0.319 e. The SMILES string of the molecule is Cc1cc(C)cc(NC(=O)NC[C@H](O)COc2ccc([N+](=O)[O-])cc2)c1. The number of nitro groups is 1. The van der Waals surface area contributed by atoms with Crippen molar-refractivity contribution in [3.63, 3.8) is 0 Å². The summed E-state index contributed by atoms with van der Waals surface area (Å²) in [4.78, 5) is 21.9. The lowest BCUT2D eigenvalue weighted by Crippen LogP contribution is -2.37. The van der Waals surface area contributed by atoms with Crippen molar-refractivity contribution in [3.8, 4) is 5.75 Å². The second-order valence-electron chi connectivity index (χ2n) is 5.93.